The molecule has 0 saturated carbocycles. The molecule has 0 fully saturated rings. The van der Waals surface area contributed by atoms with Crippen LogP contribution in [0.1, 0.15) is 20.3 Å². The molecule has 3 aromatic heterocycles. The maximum Gasteiger partial charge on any atom is 0.0730 e. The summed E-state index contributed by atoms with van der Waals surface area (Å²) in [6, 6.07) is 47.8. The second kappa shape index (κ2) is 11.1. The fourth-order valence-electron chi connectivity index (χ4n) is 6.76. The van der Waals surface area contributed by atoms with E-state index in [-0.39, 0.29) is 0 Å². The van der Waals surface area contributed by atoms with E-state index >= 15 is 0 Å². The van der Waals surface area contributed by atoms with Crippen molar-refractivity contribution in [2.75, 3.05) is 0 Å². The molecule has 8 aromatic rings. The fourth-order valence-corrected chi connectivity index (χ4v) is 6.76. The maximum absolute atomic E-state index is 5.16. The number of benzene rings is 5. The molecule has 0 bridgehead atoms. The van der Waals surface area contributed by atoms with Gasteiger partial charge in [0.15, 0.2) is 0 Å². The van der Waals surface area contributed by atoms with Crippen molar-refractivity contribution in [2.24, 2.45) is 0 Å². The van der Waals surface area contributed by atoms with Crippen LogP contribution in [0.4, 0.5) is 0 Å². The van der Waals surface area contributed by atoms with E-state index in [1.807, 2.05) is 0 Å². The summed E-state index contributed by atoms with van der Waals surface area (Å²) in [5.74, 6) is 0. The number of rotatable bonds is 6. The first kappa shape index (κ1) is 26.9. The normalized spacial score (nSPS) is 12.4. The van der Waals surface area contributed by atoms with E-state index in [4.69, 9.17) is 4.98 Å². The fraction of sp³-hybridized carbons (Fsp3) is 0.0714. The molecule has 0 amide bonds. The molecule has 5 aromatic carbocycles. The van der Waals surface area contributed by atoms with Gasteiger partial charge in [-0.15, -0.1) is 0 Å². The molecular formula is C42H33N3. The summed E-state index contributed by atoms with van der Waals surface area (Å²) in [6.07, 6.45) is 7.62. The van der Waals surface area contributed by atoms with E-state index in [2.05, 4.69) is 175 Å². The second-order valence-electron chi connectivity index (χ2n) is 11.5. The Bertz CT molecular complexity index is 2350. The molecule has 45 heavy (non-hydrogen) atoms. The highest BCUT2D eigenvalue weighted by Gasteiger charge is 2.19. The molecule has 8 rings (SSSR count). The molecule has 0 atom stereocenters. The van der Waals surface area contributed by atoms with Gasteiger partial charge in [0.2, 0.25) is 0 Å². The summed E-state index contributed by atoms with van der Waals surface area (Å²) in [6.45, 7) is 4.29. The Balaban J connectivity index is 1.49. The molecule has 3 heteroatoms. The Morgan fingerprint density at radius 3 is 1.73 bits per heavy atom. The number of nitrogens with zero attached hydrogens (tertiary/aromatic N) is 3. The van der Waals surface area contributed by atoms with E-state index in [9.17, 15) is 0 Å². The Morgan fingerprint density at radius 1 is 0.578 bits per heavy atom. The lowest BCUT2D eigenvalue weighted by Crippen LogP contribution is -1.98. The molecule has 0 spiro atoms. The molecule has 0 aliphatic carbocycles. The predicted octanol–water partition coefficient (Wildman–Crippen LogP) is 11.4. The average molecular weight is 580 g/mol. The molecule has 216 valence electrons. The zero-order chi connectivity index (χ0) is 30.3. The van der Waals surface area contributed by atoms with Crippen LogP contribution >= 0.6 is 0 Å². The standard InChI is InChI=1S/C42H33N3/c1-3-15-31(16-4-2)44-39-23-13-11-21-33(39)35-28-42-36(27-41(35)44)34-22-12-14-24-40(34)45(42)32-25-37(29-17-7-5-8-18-29)43-38(26-32)30-19-9-6-10-20-30/h3,5-28H,4H2,1-2H3. The third kappa shape index (κ3) is 4.47. The lowest BCUT2D eigenvalue weighted by molar-refractivity contribution is 1.16. The number of pyridine rings is 1. The molecule has 0 aliphatic rings. The lowest BCUT2D eigenvalue weighted by Gasteiger charge is -2.13. The molecule has 0 N–H and O–H groups in total. The van der Waals surface area contributed by atoms with Gasteiger partial charge in [0.05, 0.1) is 39.1 Å². The second-order valence-corrected chi connectivity index (χ2v) is 11.5. The van der Waals surface area contributed by atoms with Crippen LogP contribution < -0.4 is 0 Å². The summed E-state index contributed by atoms with van der Waals surface area (Å²) >= 11 is 0. The predicted molar refractivity (Wildman–Crippen MR) is 192 cm³/mol. The van der Waals surface area contributed by atoms with Crippen LogP contribution in [0.2, 0.25) is 0 Å². The van der Waals surface area contributed by atoms with Gasteiger partial charge in [-0.05, 0) is 55.8 Å². The minimum atomic E-state index is 0.955. The van der Waals surface area contributed by atoms with E-state index in [1.165, 1.54) is 49.3 Å². The quantitative estimate of drug-likeness (QED) is 0.180. The van der Waals surface area contributed by atoms with Crippen LogP contribution in [-0.4, -0.2) is 14.1 Å². The summed E-state index contributed by atoms with van der Waals surface area (Å²) < 4.78 is 4.85. The molecule has 0 aliphatic heterocycles. The smallest absolute Gasteiger partial charge is 0.0730 e. The summed E-state index contributed by atoms with van der Waals surface area (Å²) in [5, 5.41) is 4.96. The minimum absolute atomic E-state index is 0.955. The van der Waals surface area contributed by atoms with Gasteiger partial charge in [0, 0.05) is 38.4 Å². The Hall–Kier alpha value is -5.67. The Morgan fingerprint density at radius 2 is 1.11 bits per heavy atom. The third-order valence-corrected chi connectivity index (χ3v) is 8.68. The van der Waals surface area contributed by atoms with Crippen LogP contribution in [0.15, 0.2) is 152 Å². The number of aromatic nitrogens is 3. The van der Waals surface area contributed by atoms with Gasteiger partial charge >= 0.3 is 0 Å². The summed E-state index contributed by atoms with van der Waals surface area (Å²) in [7, 11) is 0. The first-order valence-electron chi connectivity index (χ1n) is 15.7. The number of allylic oxidation sites excluding steroid dienone is 4. The van der Waals surface area contributed by atoms with Crippen molar-refractivity contribution in [3.63, 3.8) is 0 Å². The van der Waals surface area contributed by atoms with Crippen molar-refractivity contribution in [2.45, 2.75) is 20.3 Å². The monoisotopic (exact) mass is 579 g/mol. The molecule has 3 heterocycles. The van der Waals surface area contributed by atoms with Crippen molar-refractivity contribution in [3.8, 4) is 28.2 Å². The van der Waals surface area contributed by atoms with Gasteiger partial charge in [-0.2, -0.15) is 0 Å². The van der Waals surface area contributed by atoms with Crippen LogP contribution in [-0.2, 0) is 0 Å². The Kier molecular flexibility index (Phi) is 6.65. The molecule has 0 unspecified atom stereocenters. The van der Waals surface area contributed by atoms with E-state index < -0.39 is 0 Å². The van der Waals surface area contributed by atoms with E-state index in [0.29, 0.717) is 0 Å². The topological polar surface area (TPSA) is 22.8 Å². The maximum atomic E-state index is 5.16. The van der Waals surface area contributed by atoms with Crippen molar-refractivity contribution < 1.29 is 0 Å². The minimum Gasteiger partial charge on any atom is -0.310 e. The highest BCUT2D eigenvalue weighted by molar-refractivity contribution is 6.19. The number of hydrogen-bond acceptors (Lipinski definition) is 1. The first-order chi connectivity index (χ1) is 22.2. The van der Waals surface area contributed by atoms with Crippen LogP contribution in [0.25, 0.3) is 77.5 Å². The first-order valence-corrected chi connectivity index (χ1v) is 15.7. The molecule has 3 nitrogen and oxygen atoms in total. The molecule has 0 radical (unpaired) electrons. The number of para-hydroxylation sites is 2. The molecular weight excluding hydrogens is 546 g/mol. The van der Waals surface area contributed by atoms with Crippen molar-refractivity contribution in [1.29, 1.82) is 0 Å². The zero-order valence-corrected chi connectivity index (χ0v) is 25.5. The van der Waals surface area contributed by atoms with Crippen LogP contribution in [0.5, 0.6) is 0 Å². The number of hydrogen-bond donors (Lipinski definition) is 0. The van der Waals surface area contributed by atoms with Gasteiger partial charge in [-0.25, -0.2) is 4.98 Å². The number of fused-ring (bicyclic) bond motifs is 6. The Labute approximate surface area is 263 Å². The van der Waals surface area contributed by atoms with E-state index in [1.54, 1.807) is 0 Å². The van der Waals surface area contributed by atoms with Gasteiger partial charge in [0.1, 0.15) is 0 Å². The zero-order valence-electron chi connectivity index (χ0n) is 25.5. The van der Waals surface area contributed by atoms with Gasteiger partial charge in [0.25, 0.3) is 0 Å². The molecule has 0 saturated heterocycles. The summed E-state index contributed by atoms with van der Waals surface area (Å²) in [5.41, 5.74) is 11.2. The van der Waals surface area contributed by atoms with Gasteiger partial charge < -0.3 is 9.13 Å². The van der Waals surface area contributed by atoms with Crippen molar-refractivity contribution >= 4 is 49.3 Å². The SMILES string of the molecule is CC=CC(=CCC)n1c2ccccc2c2cc3c(cc21)c1ccccc1n3-c1cc(-c2ccccc2)nc(-c2ccccc2)c1. The van der Waals surface area contributed by atoms with Gasteiger partial charge in [-0.3, -0.25) is 0 Å². The van der Waals surface area contributed by atoms with E-state index in [0.717, 1.165) is 34.6 Å². The highest BCUT2D eigenvalue weighted by atomic mass is 15.0. The van der Waals surface area contributed by atoms with Crippen molar-refractivity contribution in [3.05, 3.63) is 152 Å². The lowest BCUT2D eigenvalue weighted by atomic mass is 10.1. The van der Waals surface area contributed by atoms with Crippen LogP contribution in [0, 0.1) is 0 Å². The summed E-state index contributed by atoms with van der Waals surface area (Å²) in [4.78, 5) is 5.16. The third-order valence-electron chi connectivity index (χ3n) is 8.68. The highest BCUT2D eigenvalue weighted by Crippen LogP contribution is 2.40. The van der Waals surface area contributed by atoms with Gasteiger partial charge in [-0.1, -0.05) is 116 Å². The van der Waals surface area contributed by atoms with Crippen molar-refractivity contribution in [1.82, 2.24) is 14.1 Å². The average Bonchev–Trinajstić information content (AvgIpc) is 3.60. The van der Waals surface area contributed by atoms with Crippen LogP contribution in [0.3, 0.4) is 0 Å². The largest absolute Gasteiger partial charge is 0.310 e.